The molecule has 1 atom stereocenters. The number of thioether (sulfide) groups is 1. The molecule has 5 nitrogen and oxygen atoms in total. The van der Waals surface area contributed by atoms with Crippen LogP contribution in [0.3, 0.4) is 0 Å². The standard InChI is InChI=1S/C17H19N5S/c1-3-23-13-6-4-12(5-7-13)11(2)21-16-14-8-9-15(18)22-17(14)20-10-19-16/h4-11H,3H2,1-2H3,(H3,18,19,20,21,22). The van der Waals surface area contributed by atoms with Crippen LogP contribution >= 0.6 is 11.8 Å². The molecule has 0 aliphatic rings. The van der Waals surface area contributed by atoms with Crippen LogP contribution in [0.5, 0.6) is 0 Å². The van der Waals surface area contributed by atoms with Crippen molar-refractivity contribution in [1.82, 2.24) is 15.0 Å². The minimum atomic E-state index is 0.131. The number of anilines is 2. The lowest BCUT2D eigenvalue weighted by Gasteiger charge is -2.16. The molecular formula is C17H19N5S. The van der Waals surface area contributed by atoms with Gasteiger partial charge in [0.1, 0.15) is 18.0 Å². The molecule has 2 aromatic heterocycles. The lowest BCUT2D eigenvalue weighted by Crippen LogP contribution is -2.09. The predicted molar refractivity (Wildman–Crippen MR) is 96.6 cm³/mol. The van der Waals surface area contributed by atoms with Gasteiger partial charge in [-0.25, -0.2) is 15.0 Å². The van der Waals surface area contributed by atoms with Gasteiger partial charge in [-0.15, -0.1) is 11.8 Å². The van der Waals surface area contributed by atoms with Gasteiger partial charge < -0.3 is 11.1 Å². The topological polar surface area (TPSA) is 76.7 Å². The van der Waals surface area contributed by atoms with Crippen molar-refractivity contribution in [3.8, 4) is 0 Å². The number of nitrogens with one attached hydrogen (secondary N) is 1. The van der Waals surface area contributed by atoms with E-state index in [1.165, 1.54) is 16.8 Å². The summed E-state index contributed by atoms with van der Waals surface area (Å²) in [5, 5.41) is 4.30. The van der Waals surface area contributed by atoms with Crippen LogP contribution in [-0.4, -0.2) is 20.7 Å². The van der Waals surface area contributed by atoms with Gasteiger partial charge in [0.05, 0.1) is 5.39 Å². The fourth-order valence-corrected chi connectivity index (χ4v) is 3.04. The summed E-state index contributed by atoms with van der Waals surface area (Å²) in [6.07, 6.45) is 1.50. The zero-order valence-corrected chi connectivity index (χ0v) is 14.0. The lowest BCUT2D eigenvalue weighted by molar-refractivity contribution is 0.873. The second kappa shape index (κ2) is 6.83. The summed E-state index contributed by atoms with van der Waals surface area (Å²) < 4.78 is 0. The van der Waals surface area contributed by atoms with E-state index in [9.17, 15) is 0 Å². The van der Waals surface area contributed by atoms with Gasteiger partial charge in [-0.1, -0.05) is 19.1 Å². The summed E-state index contributed by atoms with van der Waals surface area (Å²) >= 11 is 1.84. The molecule has 0 aliphatic heterocycles. The summed E-state index contributed by atoms with van der Waals surface area (Å²) in [6, 6.07) is 12.4. The van der Waals surface area contributed by atoms with E-state index in [0.29, 0.717) is 11.5 Å². The Bertz CT molecular complexity index is 804. The van der Waals surface area contributed by atoms with Gasteiger partial charge in [-0.05, 0) is 42.5 Å². The maximum atomic E-state index is 5.71. The molecule has 0 spiro atoms. The molecule has 3 rings (SSSR count). The molecule has 1 aromatic carbocycles. The number of fused-ring (bicyclic) bond motifs is 1. The van der Waals surface area contributed by atoms with Crippen LogP contribution in [-0.2, 0) is 0 Å². The number of rotatable bonds is 5. The Morgan fingerprint density at radius 3 is 2.65 bits per heavy atom. The molecule has 0 aliphatic carbocycles. The number of nitrogens with zero attached hydrogens (tertiary/aromatic N) is 3. The number of pyridine rings is 1. The third kappa shape index (κ3) is 3.53. The zero-order valence-electron chi connectivity index (χ0n) is 13.2. The predicted octanol–water partition coefficient (Wildman–Crippen LogP) is 3.89. The minimum Gasteiger partial charge on any atom is -0.384 e. The number of nitrogen functional groups attached to an aromatic ring is 1. The highest BCUT2D eigenvalue weighted by Crippen LogP contribution is 2.25. The zero-order chi connectivity index (χ0) is 16.2. The highest BCUT2D eigenvalue weighted by atomic mass is 32.2. The van der Waals surface area contributed by atoms with E-state index in [2.05, 4.69) is 58.4 Å². The molecule has 0 saturated carbocycles. The number of hydrogen-bond acceptors (Lipinski definition) is 6. The first-order valence-electron chi connectivity index (χ1n) is 7.54. The number of benzene rings is 1. The molecular weight excluding hydrogens is 306 g/mol. The van der Waals surface area contributed by atoms with Crippen molar-refractivity contribution in [2.45, 2.75) is 24.8 Å². The van der Waals surface area contributed by atoms with E-state index in [1.54, 1.807) is 6.07 Å². The highest BCUT2D eigenvalue weighted by Gasteiger charge is 2.10. The summed E-state index contributed by atoms with van der Waals surface area (Å²) in [5.41, 5.74) is 7.52. The number of hydrogen-bond donors (Lipinski definition) is 2. The van der Waals surface area contributed by atoms with E-state index >= 15 is 0 Å². The average Bonchev–Trinajstić information content (AvgIpc) is 2.55. The van der Waals surface area contributed by atoms with Crippen LogP contribution in [0.2, 0.25) is 0 Å². The number of aromatic nitrogens is 3. The summed E-state index contributed by atoms with van der Waals surface area (Å²) in [6.45, 7) is 4.27. The van der Waals surface area contributed by atoms with Crippen LogP contribution in [0.15, 0.2) is 47.6 Å². The molecule has 3 N–H and O–H groups in total. The first kappa shape index (κ1) is 15.6. The maximum absolute atomic E-state index is 5.71. The monoisotopic (exact) mass is 325 g/mol. The average molecular weight is 325 g/mol. The number of nitrogens with two attached hydrogens (primary N) is 1. The maximum Gasteiger partial charge on any atom is 0.166 e. The summed E-state index contributed by atoms with van der Waals surface area (Å²) in [4.78, 5) is 14.0. The Kier molecular flexibility index (Phi) is 4.62. The fourth-order valence-electron chi connectivity index (χ4n) is 2.38. The van der Waals surface area contributed by atoms with E-state index in [1.807, 2.05) is 17.8 Å². The molecule has 118 valence electrons. The molecule has 0 saturated heterocycles. The normalized spacial score (nSPS) is 12.3. The molecule has 0 amide bonds. The quantitative estimate of drug-likeness (QED) is 0.693. The van der Waals surface area contributed by atoms with E-state index in [0.717, 1.165) is 17.0 Å². The molecule has 0 bridgehead atoms. The molecule has 23 heavy (non-hydrogen) atoms. The first-order chi connectivity index (χ1) is 11.2. The van der Waals surface area contributed by atoms with E-state index in [4.69, 9.17) is 5.73 Å². The highest BCUT2D eigenvalue weighted by molar-refractivity contribution is 7.99. The molecule has 6 heteroatoms. The SMILES string of the molecule is CCSc1ccc(C(C)Nc2ncnc3nc(N)ccc23)cc1. The smallest absolute Gasteiger partial charge is 0.166 e. The van der Waals surface area contributed by atoms with Crippen molar-refractivity contribution in [3.05, 3.63) is 48.3 Å². The Hall–Kier alpha value is -2.34. The van der Waals surface area contributed by atoms with Crippen LogP contribution in [0.4, 0.5) is 11.6 Å². The largest absolute Gasteiger partial charge is 0.384 e. The van der Waals surface area contributed by atoms with Crippen LogP contribution < -0.4 is 11.1 Å². The van der Waals surface area contributed by atoms with Crippen molar-refractivity contribution < 1.29 is 0 Å². The van der Waals surface area contributed by atoms with Gasteiger partial charge >= 0.3 is 0 Å². The third-order valence-corrected chi connectivity index (χ3v) is 4.46. The van der Waals surface area contributed by atoms with Gasteiger partial charge in [0.25, 0.3) is 0 Å². The molecule has 1 unspecified atom stereocenters. The van der Waals surface area contributed by atoms with Crippen molar-refractivity contribution >= 4 is 34.4 Å². The van der Waals surface area contributed by atoms with Gasteiger partial charge in [-0.3, -0.25) is 0 Å². The molecule has 0 radical (unpaired) electrons. The Morgan fingerprint density at radius 1 is 1.13 bits per heavy atom. The Balaban J connectivity index is 1.83. The van der Waals surface area contributed by atoms with Crippen LogP contribution in [0.25, 0.3) is 11.0 Å². The second-order valence-electron chi connectivity index (χ2n) is 5.20. The minimum absolute atomic E-state index is 0.131. The van der Waals surface area contributed by atoms with Crippen LogP contribution in [0.1, 0.15) is 25.5 Å². The Morgan fingerprint density at radius 2 is 1.91 bits per heavy atom. The van der Waals surface area contributed by atoms with E-state index in [-0.39, 0.29) is 6.04 Å². The molecule has 3 aromatic rings. The summed E-state index contributed by atoms with van der Waals surface area (Å²) in [7, 11) is 0. The second-order valence-corrected chi connectivity index (χ2v) is 6.54. The fraction of sp³-hybridized carbons (Fsp3) is 0.235. The van der Waals surface area contributed by atoms with Crippen molar-refractivity contribution in [2.75, 3.05) is 16.8 Å². The Labute approximate surface area is 139 Å². The third-order valence-electron chi connectivity index (χ3n) is 3.56. The van der Waals surface area contributed by atoms with Crippen molar-refractivity contribution in [1.29, 1.82) is 0 Å². The molecule has 2 heterocycles. The van der Waals surface area contributed by atoms with E-state index < -0.39 is 0 Å². The van der Waals surface area contributed by atoms with Gasteiger partial charge in [0, 0.05) is 10.9 Å². The lowest BCUT2D eigenvalue weighted by atomic mass is 10.1. The first-order valence-corrected chi connectivity index (χ1v) is 8.52. The summed E-state index contributed by atoms with van der Waals surface area (Å²) in [5.74, 6) is 2.30. The van der Waals surface area contributed by atoms with Crippen LogP contribution in [0, 0.1) is 0 Å². The van der Waals surface area contributed by atoms with Gasteiger partial charge in [-0.2, -0.15) is 0 Å². The van der Waals surface area contributed by atoms with Crippen molar-refractivity contribution in [3.63, 3.8) is 0 Å². The van der Waals surface area contributed by atoms with Crippen molar-refractivity contribution in [2.24, 2.45) is 0 Å². The molecule has 0 fully saturated rings. The van der Waals surface area contributed by atoms with Gasteiger partial charge in [0.15, 0.2) is 5.65 Å². The van der Waals surface area contributed by atoms with Gasteiger partial charge in [0.2, 0.25) is 0 Å².